The summed E-state index contributed by atoms with van der Waals surface area (Å²) in [5.41, 5.74) is 1.63. The quantitative estimate of drug-likeness (QED) is 0.531. The third-order valence-electron chi connectivity index (χ3n) is 2.60. The van der Waals surface area contributed by atoms with Crippen molar-refractivity contribution in [2.24, 2.45) is 0 Å². The number of halogens is 1. The third kappa shape index (κ3) is 2.80. The molecular weight excluding hydrogens is 264 g/mol. The van der Waals surface area contributed by atoms with Crippen LogP contribution in [0.25, 0.3) is 10.9 Å². The molecule has 2 aromatic rings. The summed E-state index contributed by atoms with van der Waals surface area (Å²) in [6, 6.07) is 6.83. The lowest BCUT2D eigenvalue weighted by Crippen LogP contribution is -2.07. The van der Waals surface area contributed by atoms with Crippen LogP contribution in [0.4, 0.5) is 5.69 Å². The Bertz CT molecular complexity index is 695. The summed E-state index contributed by atoms with van der Waals surface area (Å²) in [7, 11) is 0. The van der Waals surface area contributed by atoms with Gasteiger partial charge in [0.15, 0.2) is 5.78 Å². The molecule has 96 valence electrons. The number of aromatic nitrogens is 1. The number of carbonyl (C=O) groups is 2. The Hall–Kier alpha value is -2.20. The number of pyridine rings is 1. The number of anilines is 1. The van der Waals surface area contributed by atoms with Gasteiger partial charge in [-0.25, -0.2) is 4.98 Å². The molecule has 0 aliphatic carbocycles. The predicted molar refractivity (Wildman–Crippen MR) is 75.6 cm³/mol. The standard InChI is InChI=1S/C14H11ClN2O2/c1-3-13(19)16-10-4-5-12-9(6-10)7-11(8(2)18)14(15)17-12/h3-7H,1H2,2H3,(H,16,19). The Kier molecular flexibility index (Phi) is 3.62. The topological polar surface area (TPSA) is 59.1 Å². The molecule has 1 heterocycles. The third-order valence-corrected chi connectivity index (χ3v) is 2.89. The fourth-order valence-electron chi connectivity index (χ4n) is 1.67. The minimum absolute atomic E-state index is 0.153. The number of carbonyl (C=O) groups excluding carboxylic acids is 2. The molecule has 19 heavy (non-hydrogen) atoms. The van der Waals surface area contributed by atoms with Crippen molar-refractivity contribution in [1.29, 1.82) is 0 Å². The lowest BCUT2D eigenvalue weighted by molar-refractivity contribution is -0.111. The number of rotatable bonds is 3. The zero-order valence-corrected chi connectivity index (χ0v) is 11.0. The fraction of sp³-hybridized carbons (Fsp3) is 0.0714. The second kappa shape index (κ2) is 5.20. The molecule has 0 radical (unpaired) electrons. The number of benzene rings is 1. The first-order valence-corrected chi connectivity index (χ1v) is 5.93. The molecule has 0 aliphatic heterocycles. The van der Waals surface area contributed by atoms with E-state index in [1.165, 1.54) is 13.0 Å². The van der Waals surface area contributed by atoms with E-state index in [9.17, 15) is 9.59 Å². The number of ketones is 1. The van der Waals surface area contributed by atoms with Gasteiger partial charge in [0.25, 0.3) is 0 Å². The van der Waals surface area contributed by atoms with Crippen molar-refractivity contribution in [3.05, 3.63) is 47.6 Å². The molecule has 0 saturated carbocycles. The summed E-state index contributed by atoms with van der Waals surface area (Å²) in [6.07, 6.45) is 1.19. The van der Waals surface area contributed by atoms with Crippen LogP contribution in [-0.2, 0) is 4.79 Å². The van der Waals surface area contributed by atoms with Gasteiger partial charge in [-0.3, -0.25) is 9.59 Å². The van der Waals surface area contributed by atoms with Gasteiger partial charge >= 0.3 is 0 Å². The second-order valence-corrected chi connectivity index (χ2v) is 4.34. The summed E-state index contributed by atoms with van der Waals surface area (Å²) in [5, 5.41) is 3.56. The van der Waals surface area contributed by atoms with Gasteiger partial charge in [0.05, 0.1) is 11.1 Å². The molecule has 0 atom stereocenters. The molecule has 0 saturated heterocycles. The highest BCUT2D eigenvalue weighted by Gasteiger charge is 2.09. The second-order valence-electron chi connectivity index (χ2n) is 3.98. The SMILES string of the molecule is C=CC(=O)Nc1ccc2nc(Cl)c(C(C)=O)cc2c1. The van der Waals surface area contributed by atoms with Crippen molar-refractivity contribution < 1.29 is 9.59 Å². The van der Waals surface area contributed by atoms with Crippen molar-refractivity contribution in [1.82, 2.24) is 4.98 Å². The predicted octanol–water partition coefficient (Wildman–Crippen LogP) is 3.22. The lowest BCUT2D eigenvalue weighted by atomic mass is 10.1. The summed E-state index contributed by atoms with van der Waals surface area (Å²) >= 11 is 5.93. The summed E-state index contributed by atoms with van der Waals surface area (Å²) < 4.78 is 0. The molecule has 0 aliphatic rings. The maximum absolute atomic E-state index is 11.4. The van der Waals surface area contributed by atoms with Gasteiger partial charge in [0.1, 0.15) is 5.15 Å². The van der Waals surface area contributed by atoms with Crippen molar-refractivity contribution in [2.75, 3.05) is 5.32 Å². The van der Waals surface area contributed by atoms with Crippen LogP contribution < -0.4 is 5.32 Å². The van der Waals surface area contributed by atoms with Gasteiger partial charge in [-0.1, -0.05) is 18.2 Å². The lowest BCUT2D eigenvalue weighted by Gasteiger charge is -2.06. The molecule has 4 nitrogen and oxygen atoms in total. The van der Waals surface area contributed by atoms with Crippen LogP contribution in [0.2, 0.25) is 5.15 Å². The Morgan fingerprint density at radius 3 is 2.74 bits per heavy atom. The van der Waals surface area contributed by atoms with Gasteiger partial charge in [0.2, 0.25) is 5.91 Å². The minimum Gasteiger partial charge on any atom is -0.323 e. The van der Waals surface area contributed by atoms with E-state index >= 15 is 0 Å². The molecule has 0 bridgehead atoms. The van der Waals surface area contributed by atoms with Crippen LogP contribution in [0.5, 0.6) is 0 Å². The van der Waals surface area contributed by atoms with E-state index in [-0.39, 0.29) is 16.8 Å². The Balaban J connectivity index is 2.52. The van der Waals surface area contributed by atoms with Crippen molar-refractivity contribution in [2.45, 2.75) is 6.92 Å². The average Bonchev–Trinajstić information content (AvgIpc) is 2.37. The fourth-order valence-corrected chi connectivity index (χ4v) is 1.95. The zero-order chi connectivity index (χ0) is 14.0. The van der Waals surface area contributed by atoms with Gasteiger partial charge in [-0.2, -0.15) is 0 Å². The van der Waals surface area contributed by atoms with Crippen LogP contribution in [0.1, 0.15) is 17.3 Å². The number of nitrogens with zero attached hydrogens (tertiary/aromatic N) is 1. The first-order chi connectivity index (χ1) is 9.01. The highest BCUT2D eigenvalue weighted by molar-refractivity contribution is 6.33. The maximum Gasteiger partial charge on any atom is 0.247 e. The molecule has 1 N–H and O–H groups in total. The van der Waals surface area contributed by atoms with E-state index in [1.807, 2.05) is 0 Å². The summed E-state index contributed by atoms with van der Waals surface area (Å²) in [4.78, 5) is 26.8. The van der Waals surface area contributed by atoms with E-state index in [4.69, 9.17) is 11.6 Å². The average molecular weight is 275 g/mol. The molecule has 1 aromatic carbocycles. The zero-order valence-electron chi connectivity index (χ0n) is 10.2. The molecule has 1 aromatic heterocycles. The smallest absolute Gasteiger partial charge is 0.247 e. The summed E-state index contributed by atoms with van der Waals surface area (Å²) in [6.45, 7) is 4.81. The van der Waals surface area contributed by atoms with E-state index in [1.54, 1.807) is 24.3 Å². The Morgan fingerprint density at radius 2 is 2.11 bits per heavy atom. The first-order valence-electron chi connectivity index (χ1n) is 5.56. The van der Waals surface area contributed by atoms with Crippen molar-refractivity contribution >= 4 is 39.9 Å². The Labute approximate surface area is 115 Å². The van der Waals surface area contributed by atoms with Crippen LogP contribution in [0.15, 0.2) is 36.9 Å². The van der Waals surface area contributed by atoms with E-state index in [0.29, 0.717) is 16.8 Å². The number of nitrogens with one attached hydrogen (secondary N) is 1. The number of Topliss-reactive ketones (excluding diaryl/α,β-unsaturated/α-hetero) is 1. The van der Waals surface area contributed by atoms with Crippen molar-refractivity contribution in [3.63, 3.8) is 0 Å². The van der Waals surface area contributed by atoms with Crippen molar-refractivity contribution in [3.8, 4) is 0 Å². The summed E-state index contributed by atoms with van der Waals surface area (Å²) in [5.74, 6) is -0.451. The number of hydrogen-bond donors (Lipinski definition) is 1. The molecule has 2 rings (SSSR count). The molecule has 0 unspecified atom stereocenters. The Morgan fingerprint density at radius 1 is 1.37 bits per heavy atom. The van der Waals surface area contributed by atoms with E-state index < -0.39 is 0 Å². The minimum atomic E-state index is -0.298. The van der Waals surface area contributed by atoms with Crippen LogP contribution in [0, 0.1) is 0 Å². The molecule has 5 heteroatoms. The number of fused-ring (bicyclic) bond motifs is 1. The van der Waals surface area contributed by atoms with Gasteiger partial charge in [-0.15, -0.1) is 0 Å². The highest BCUT2D eigenvalue weighted by atomic mass is 35.5. The highest BCUT2D eigenvalue weighted by Crippen LogP contribution is 2.23. The van der Waals surface area contributed by atoms with E-state index in [2.05, 4.69) is 16.9 Å². The number of amides is 1. The maximum atomic E-state index is 11.4. The van der Waals surface area contributed by atoms with Gasteiger partial charge < -0.3 is 5.32 Å². The molecular formula is C14H11ClN2O2. The largest absolute Gasteiger partial charge is 0.323 e. The molecule has 0 fully saturated rings. The van der Waals surface area contributed by atoms with Crippen LogP contribution in [0.3, 0.4) is 0 Å². The van der Waals surface area contributed by atoms with Gasteiger partial charge in [-0.05, 0) is 37.3 Å². The van der Waals surface area contributed by atoms with E-state index in [0.717, 1.165) is 5.39 Å². The monoisotopic (exact) mass is 274 g/mol. The van der Waals surface area contributed by atoms with Crippen LogP contribution in [-0.4, -0.2) is 16.7 Å². The first kappa shape index (κ1) is 13.2. The van der Waals surface area contributed by atoms with Gasteiger partial charge in [0, 0.05) is 11.1 Å². The number of hydrogen-bond acceptors (Lipinski definition) is 3. The normalized spacial score (nSPS) is 10.2. The molecule has 1 amide bonds. The molecule has 0 spiro atoms. The van der Waals surface area contributed by atoms with Crippen LogP contribution >= 0.6 is 11.6 Å².